The lowest BCUT2D eigenvalue weighted by Crippen LogP contribution is -2.09. The van der Waals surface area contributed by atoms with Gasteiger partial charge < -0.3 is 14.3 Å². The molecule has 1 aliphatic carbocycles. The van der Waals surface area contributed by atoms with Crippen molar-refractivity contribution in [3.63, 3.8) is 0 Å². The minimum atomic E-state index is 0.781. The molecule has 4 heteroatoms. The molecule has 1 N–H and O–H groups in total. The molecule has 0 amide bonds. The first kappa shape index (κ1) is 12.5. The molecule has 0 atom stereocenters. The van der Waals surface area contributed by atoms with Crippen LogP contribution in [0.15, 0.2) is 16.8 Å². The Kier molecular flexibility index (Phi) is 3.42. The third-order valence-corrected chi connectivity index (χ3v) is 3.87. The summed E-state index contributed by atoms with van der Waals surface area (Å²) in [7, 11) is 1.93. The van der Waals surface area contributed by atoms with E-state index in [2.05, 4.69) is 20.9 Å². The average molecular weight is 259 g/mol. The fourth-order valence-electron chi connectivity index (χ4n) is 2.86. The van der Waals surface area contributed by atoms with Gasteiger partial charge in [0.05, 0.1) is 25.1 Å². The monoisotopic (exact) mass is 259 g/mol. The maximum absolute atomic E-state index is 5.75. The summed E-state index contributed by atoms with van der Waals surface area (Å²) in [5, 5.41) is 3.12. The van der Waals surface area contributed by atoms with E-state index in [-0.39, 0.29) is 0 Å². The molecule has 2 aromatic rings. The van der Waals surface area contributed by atoms with E-state index in [0.29, 0.717) is 0 Å². The first-order chi connectivity index (χ1) is 9.28. The van der Waals surface area contributed by atoms with Crippen LogP contribution in [0.2, 0.25) is 0 Å². The second-order valence-corrected chi connectivity index (χ2v) is 5.30. The Labute approximate surface area is 113 Å². The first-order valence-corrected chi connectivity index (χ1v) is 7.03. The van der Waals surface area contributed by atoms with Gasteiger partial charge >= 0.3 is 0 Å². The van der Waals surface area contributed by atoms with Crippen LogP contribution in [0, 0.1) is 6.92 Å². The Morgan fingerprint density at radius 1 is 1.37 bits per heavy atom. The summed E-state index contributed by atoms with van der Waals surface area (Å²) < 4.78 is 8.04. The van der Waals surface area contributed by atoms with Gasteiger partial charge in [-0.05, 0) is 45.7 Å². The van der Waals surface area contributed by atoms with E-state index in [9.17, 15) is 0 Å². The van der Waals surface area contributed by atoms with Crippen molar-refractivity contribution < 1.29 is 4.42 Å². The molecule has 19 heavy (non-hydrogen) atoms. The fraction of sp³-hybridized carbons (Fsp3) is 0.533. The lowest BCUT2D eigenvalue weighted by atomic mass is 10.0. The van der Waals surface area contributed by atoms with Crippen LogP contribution in [-0.4, -0.2) is 16.6 Å². The van der Waals surface area contributed by atoms with Crippen molar-refractivity contribution in [2.75, 3.05) is 7.05 Å². The molecule has 1 aliphatic rings. The predicted octanol–water partition coefficient (Wildman–Crippen LogP) is 2.43. The van der Waals surface area contributed by atoms with E-state index in [0.717, 1.165) is 37.5 Å². The summed E-state index contributed by atoms with van der Waals surface area (Å²) >= 11 is 0. The molecule has 4 nitrogen and oxygen atoms in total. The van der Waals surface area contributed by atoms with E-state index in [1.165, 1.54) is 29.8 Å². The summed E-state index contributed by atoms with van der Waals surface area (Å²) in [6.45, 7) is 3.70. The molecule has 0 spiro atoms. The molecule has 102 valence electrons. The van der Waals surface area contributed by atoms with E-state index in [1.54, 1.807) is 0 Å². The van der Waals surface area contributed by atoms with Gasteiger partial charge in [-0.25, -0.2) is 4.98 Å². The van der Waals surface area contributed by atoms with E-state index >= 15 is 0 Å². The molecule has 3 rings (SSSR count). The lowest BCUT2D eigenvalue weighted by molar-refractivity contribution is 0.468. The van der Waals surface area contributed by atoms with Crippen molar-refractivity contribution in [2.24, 2.45) is 0 Å². The lowest BCUT2D eigenvalue weighted by Gasteiger charge is -2.13. The number of rotatable bonds is 4. The number of aromatic nitrogens is 2. The fourth-order valence-corrected chi connectivity index (χ4v) is 2.86. The third-order valence-electron chi connectivity index (χ3n) is 3.87. The zero-order valence-corrected chi connectivity index (χ0v) is 11.7. The second-order valence-electron chi connectivity index (χ2n) is 5.30. The Hall–Kier alpha value is -1.55. The molecule has 0 radical (unpaired) electrons. The summed E-state index contributed by atoms with van der Waals surface area (Å²) in [4.78, 5) is 4.55. The third kappa shape index (κ3) is 2.45. The van der Waals surface area contributed by atoms with Gasteiger partial charge in [0.15, 0.2) is 0 Å². The normalized spacial score (nSPS) is 14.6. The van der Waals surface area contributed by atoms with Crippen LogP contribution in [-0.2, 0) is 25.9 Å². The van der Waals surface area contributed by atoms with Crippen LogP contribution in [0.5, 0.6) is 0 Å². The Balaban J connectivity index is 1.83. The van der Waals surface area contributed by atoms with Crippen LogP contribution in [0.4, 0.5) is 0 Å². The number of nitrogens with one attached hydrogen (secondary N) is 1. The minimum Gasteiger partial charge on any atom is -0.465 e. The van der Waals surface area contributed by atoms with Gasteiger partial charge in [0.25, 0.3) is 0 Å². The first-order valence-electron chi connectivity index (χ1n) is 7.03. The van der Waals surface area contributed by atoms with Gasteiger partial charge in [-0.15, -0.1) is 0 Å². The van der Waals surface area contributed by atoms with Gasteiger partial charge in [-0.2, -0.15) is 0 Å². The average Bonchev–Trinajstić information content (AvgIpc) is 2.96. The number of nitrogens with zero attached hydrogens (tertiary/aromatic N) is 2. The minimum absolute atomic E-state index is 0.781. The number of hydrogen-bond acceptors (Lipinski definition) is 3. The molecule has 0 fully saturated rings. The van der Waals surface area contributed by atoms with E-state index in [4.69, 9.17) is 4.42 Å². The summed E-state index contributed by atoms with van der Waals surface area (Å²) in [5.74, 6) is 2.02. The van der Waals surface area contributed by atoms with Crippen molar-refractivity contribution in [1.82, 2.24) is 14.9 Å². The van der Waals surface area contributed by atoms with Gasteiger partial charge in [-0.3, -0.25) is 0 Å². The van der Waals surface area contributed by atoms with Gasteiger partial charge in [0.1, 0.15) is 11.5 Å². The molecule has 0 saturated carbocycles. The standard InChI is InChI=1S/C15H21N3O/c1-11-12(7-13(19-11)8-16-2)9-18-10-17-14-5-3-4-6-15(14)18/h7,10,16H,3-6,8-9H2,1-2H3. The topological polar surface area (TPSA) is 43.0 Å². The molecule has 0 aromatic carbocycles. The highest BCUT2D eigenvalue weighted by Crippen LogP contribution is 2.22. The van der Waals surface area contributed by atoms with Crippen molar-refractivity contribution in [2.45, 2.75) is 45.7 Å². The summed E-state index contributed by atoms with van der Waals surface area (Å²) in [5.41, 5.74) is 3.97. The second kappa shape index (κ2) is 5.21. The van der Waals surface area contributed by atoms with Crippen LogP contribution in [0.3, 0.4) is 0 Å². The highest BCUT2D eigenvalue weighted by molar-refractivity contribution is 5.24. The molecule has 0 saturated heterocycles. The van der Waals surface area contributed by atoms with Crippen molar-refractivity contribution in [1.29, 1.82) is 0 Å². The van der Waals surface area contributed by atoms with Gasteiger partial charge in [0.2, 0.25) is 0 Å². The maximum atomic E-state index is 5.75. The Morgan fingerprint density at radius 2 is 2.21 bits per heavy atom. The molecule has 0 aliphatic heterocycles. The molecule has 2 aromatic heterocycles. The molecule has 0 unspecified atom stereocenters. The quantitative estimate of drug-likeness (QED) is 0.917. The van der Waals surface area contributed by atoms with Crippen molar-refractivity contribution in [3.8, 4) is 0 Å². The number of imidazole rings is 1. The van der Waals surface area contributed by atoms with Crippen LogP contribution < -0.4 is 5.32 Å². The zero-order valence-electron chi connectivity index (χ0n) is 11.7. The van der Waals surface area contributed by atoms with Crippen LogP contribution >= 0.6 is 0 Å². The van der Waals surface area contributed by atoms with Gasteiger partial charge in [0, 0.05) is 11.3 Å². The summed E-state index contributed by atoms with van der Waals surface area (Å²) in [6.07, 6.45) is 6.85. The van der Waals surface area contributed by atoms with Crippen molar-refractivity contribution >= 4 is 0 Å². The largest absolute Gasteiger partial charge is 0.465 e. The SMILES string of the molecule is CNCc1cc(Cn2cnc3c2CCCC3)c(C)o1. The zero-order chi connectivity index (χ0) is 13.2. The van der Waals surface area contributed by atoms with Crippen LogP contribution in [0.1, 0.15) is 41.3 Å². The summed E-state index contributed by atoms with van der Waals surface area (Å²) in [6, 6.07) is 2.15. The van der Waals surface area contributed by atoms with Gasteiger partial charge in [-0.1, -0.05) is 0 Å². The number of hydrogen-bond donors (Lipinski definition) is 1. The highest BCUT2D eigenvalue weighted by Gasteiger charge is 2.16. The predicted molar refractivity (Wildman–Crippen MR) is 74.2 cm³/mol. The highest BCUT2D eigenvalue weighted by atomic mass is 16.3. The maximum Gasteiger partial charge on any atom is 0.118 e. The van der Waals surface area contributed by atoms with E-state index in [1.807, 2.05) is 20.3 Å². The molecule has 0 bridgehead atoms. The Morgan fingerprint density at radius 3 is 3.05 bits per heavy atom. The number of furan rings is 1. The number of fused-ring (bicyclic) bond motifs is 1. The van der Waals surface area contributed by atoms with Crippen molar-refractivity contribution in [3.05, 3.63) is 40.9 Å². The van der Waals surface area contributed by atoms with Crippen LogP contribution in [0.25, 0.3) is 0 Å². The smallest absolute Gasteiger partial charge is 0.118 e. The van der Waals surface area contributed by atoms with E-state index < -0.39 is 0 Å². The Bertz CT molecular complexity index is 568. The molecular weight excluding hydrogens is 238 g/mol. The molecular formula is C15H21N3O. The molecule has 2 heterocycles. The number of aryl methyl sites for hydroxylation is 2.